The number of aryl methyl sites for hydroxylation is 1. The third-order valence-corrected chi connectivity index (χ3v) is 10.6. The Kier molecular flexibility index (Phi) is 8.63. The predicted molar refractivity (Wildman–Crippen MR) is 170 cm³/mol. The molecule has 0 radical (unpaired) electrons. The van der Waals surface area contributed by atoms with Gasteiger partial charge >= 0.3 is 0 Å². The van der Waals surface area contributed by atoms with Gasteiger partial charge in [-0.15, -0.1) is 0 Å². The minimum atomic E-state index is -4.36. The smallest absolute Gasteiger partial charge is 0.272 e. The summed E-state index contributed by atoms with van der Waals surface area (Å²) < 4.78 is 63.7. The average Bonchev–Trinajstić information content (AvgIpc) is 3.80. The highest BCUT2D eigenvalue weighted by molar-refractivity contribution is 7.89. The molecule has 4 heterocycles. The van der Waals surface area contributed by atoms with Gasteiger partial charge in [-0.3, -0.25) is 19.6 Å². The lowest BCUT2D eigenvalue weighted by molar-refractivity contribution is 0.101. The molecule has 4 aromatic rings. The topological polar surface area (TPSA) is 142 Å². The number of nitrogens with zero attached hydrogens (tertiary/aromatic N) is 4. The minimum absolute atomic E-state index is 0.0758. The molecule has 2 aromatic heterocycles. The Morgan fingerprint density at radius 3 is 2.43 bits per heavy atom. The highest BCUT2D eigenvalue weighted by Crippen LogP contribution is 2.44. The summed E-state index contributed by atoms with van der Waals surface area (Å²) in [6.07, 6.45) is 4.06. The first kappa shape index (κ1) is 32.3. The summed E-state index contributed by atoms with van der Waals surface area (Å²) in [6.45, 7) is 6.27. The number of sulfonamides is 1. The molecule has 2 aliphatic rings. The number of amides is 2. The Morgan fingerprint density at radius 1 is 1.02 bits per heavy atom. The summed E-state index contributed by atoms with van der Waals surface area (Å²) in [6, 6.07) is 10.3. The monoisotopic (exact) mass is 667 g/mol. The van der Waals surface area contributed by atoms with Gasteiger partial charge in [-0.1, -0.05) is 0 Å². The van der Waals surface area contributed by atoms with Crippen LogP contribution in [0.1, 0.15) is 58.8 Å². The van der Waals surface area contributed by atoms with Gasteiger partial charge in [-0.05, 0) is 76.2 Å². The van der Waals surface area contributed by atoms with Crippen LogP contribution in [0.2, 0.25) is 0 Å². The molecule has 0 bridgehead atoms. The summed E-state index contributed by atoms with van der Waals surface area (Å²) in [5, 5.41) is 12.6. The second-order valence-corrected chi connectivity index (χ2v) is 14.0. The van der Waals surface area contributed by atoms with Crippen LogP contribution in [-0.4, -0.2) is 70.4 Å². The molecule has 2 aliphatic heterocycles. The Bertz CT molecular complexity index is 1930. The molecule has 12 nitrogen and oxygen atoms in total. The fraction of sp³-hybridized carbons (Fsp3) is 0.344. The van der Waals surface area contributed by atoms with Crippen molar-refractivity contribution < 1.29 is 31.5 Å². The quantitative estimate of drug-likeness (QED) is 0.227. The molecule has 1 fully saturated rings. The van der Waals surface area contributed by atoms with E-state index < -0.39 is 43.9 Å². The van der Waals surface area contributed by atoms with Gasteiger partial charge in [0, 0.05) is 44.0 Å². The standard InChI is InChI=1S/C32H35F2N7O5S/c1-32(2)28-25(19-41(32)47(44,45)23-16-20(33)15-21(34)17-23)29(38-37-28)36-30(42)24-9-8-22(46-14-13-40-11-4-5-12-40)18-26(24)35-31(43)27-7-6-10-39(27)3/h6-10,15-18H,4-5,11-14,19H2,1-3H3,(H,35,43)(H2,36,37,38,42). The first-order valence-corrected chi connectivity index (χ1v) is 16.6. The summed E-state index contributed by atoms with van der Waals surface area (Å²) in [5.41, 5.74) is 0.302. The average molecular weight is 668 g/mol. The number of hydrogen-bond acceptors (Lipinski definition) is 7. The molecule has 0 spiro atoms. The van der Waals surface area contributed by atoms with Crippen molar-refractivity contribution in [3.63, 3.8) is 0 Å². The van der Waals surface area contributed by atoms with E-state index in [4.69, 9.17) is 4.74 Å². The van der Waals surface area contributed by atoms with Gasteiger partial charge in [-0.2, -0.15) is 9.40 Å². The number of aromatic nitrogens is 3. The number of anilines is 2. The number of H-pyrrole nitrogens is 1. The van der Waals surface area contributed by atoms with Crippen LogP contribution in [0.4, 0.5) is 20.3 Å². The number of likely N-dealkylation sites (tertiary alicyclic amines) is 1. The molecule has 0 saturated carbocycles. The fourth-order valence-electron chi connectivity index (χ4n) is 6.06. The molecule has 0 atom stereocenters. The van der Waals surface area contributed by atoms with Crippen molar-refractivity contribution in [3.8, 4) is 5.75 Å². The van der Waals surface area contributed by atoms with E-state index >= 15 is 0 Å². The molecule has 3 N–H and O–H groups in total. The Morgan fingerprint density at radius 2 is 1.74 bits per heavy atom. The molecule has 2 amide bonds. The van der Waals surface area contributed by atoms with Crippen LogP contribution in [0.5, 0.6) is 5.75 Å². The van der Waals surface area contributed by atoms with Crippen molar-refractivity contribution in [2.24, 2.45) is 7.05 Å². The van der Waals surface area contributed by atoms with E-state index in [1.165, 1.54) is 6.07 Å². The second kappa shape index (κ2) is 12.5. The van der Waals surface area contributed by atoms with Gasteiger partial charge in [0.05, 0.1) is 27.4 Å². The molecule has 248 valence electrons. The number of hydrogen-bond donors (Lipinski definition) is 3. The molecular formula is C32H35F2N7O5S. The maximum absolute atomic E-state index is 13.9. The lowest BCUT2D eigenvalue weighted by Gasteiger charge is -2.30. The number of fused-ring (bicyclic) bond motifs is 1. The number of ether oxygens (including phenoxy) is 1. The van der Waals surface area contributed by atoms with Crippen LogP contribution in [0, 0.1) is 11.6 Å². The van der Waals surface area contributed by atoms with E-state index in [1.807, 2.05) is 0 Å². The maximum Gasteiger partial charge on any atom is 0.272 e. The Hall–Kier alpha value is -4.60. The predicted octanol–water partition coefficient (Wildman–Crippen LogP) is 4.45. The van der Waals surface area contributed by atoms with Crippen LogP contribution in [0.25, 0.3) is 0 Å². The summed E-state index contributed by atoms with van der Waals surface area (Å²) in [7, 11) is -2.63. The second-order valence-electron chi connectivity index (χ2n) is 12.1. The summed E-state index contributed by atoms with van der Waals surface area (Å²) in [5.74, 6) is -2.54. The molecule has 2 aromatic carbocycles. The van der Waals surface area contributed by atoms with Crippen LogP contribution in [0.3, 0.4) is 0 Å². The number of rotatable bonds is 10. The summed E-state index contributed by atoms with van der Waals surface area (Å²) >= 11 is 0. The van der Waals surface area contributed by atoms with Crippen molar-refractivity contribution in [2.75, 3.05) is 36.9 Å². The SMILES string of the molecule is Cn1cccc1C(=O)Nc1cc(OCCN2CCCC2)ccc1C(=O)Nc1n[nH]c2c1CN(S(=O)(=O)c1cc(F)cc(F)c1)C2(C)C. The Labute approximate surface area is 270 Å². The van der Waals surface area contributed by atoms with Crippen molar-refractivity contribution in [2.45, 2.75) is 43.7 Å². The zero-order chi connectivity index (χ0) is 33.5. The first-order chi connectivity index (χ1) is 22.3. The van der Waals surface area contributed by atoms with Gasteiger partial charge in [0.1, 0.15) is 29.7 Å². The zero-order valence-electron chi connectivity index (χ0n) is 26.1. The maximum atomic E-state index is 13.9. The largest absolute Gasteiger partial charge is 0.492 e. The number of aromatic amines is 1. The van der Waals surface area contributed by atoms with E-state index in [2.05, 4.69) is 25.7 Å². The normalized spacial score (nSPS) is 16.3. The number of carbonyl (C=O) groups is 2. The van der Waals surface area contributed by atoms with E-state index in [-0.39, 0.29) is 23.6 Å². The van der Waals surface area contributed by atoms with E-state index in [9.17, 15) is 26.8 Å². The molecule has 47 heavy (non-hydrogen) atoms. The zero-order valence-corrected chi connectivity index (χ0v) is 27.0. The highest BCUT2D eigenvalue weighted by atomic mass is 32.2. The van der Waals surface area contributed by atoms with Crippen molar-refractivity contribution in [1.29, 1.82) is 0 Å². The first-order valence-electron chi connectivity index (χ1n) is 15.1. The van der Waals surface area contributed by atoms with Gasteiger partial charge < -0.3 is 19.9 Å². The van der Waals surface area contributed by atoms with Gasteiger partial charge in [0.15, 0.2) is 5.82 Å². The molecule has 0 aliphatic carbocycles. The van der Waals surface area contributed by atoms with Crippen LogP contribution >= 0.6 is 0 Å². The Balaban J connectivity index is 1.25. The third kappa shape index (κ3) is 6.38. The number of benzene rings is 2. The molecule has 1 saturated heterocycles. The van der Waals surface area contributed by atoms with Gasteiger partial charge in [0.2, 0.25) is 10.0 Å². The highest BCUT2D eigenvalue weighted by Gasteiger charge is 2.48. The number of halogens is 2. The van der Waals surface area contributed by atoms with Crippen LogP contribution in [0.15, 0.2) is 59.6 Å². The third-order valence-electron chi connectivity index (χ3n) is 8.60. The van der Waals surface area contributed by atoms with Crippen molar-refractivity contribution in [1.82, 2.24) is 24.0 Å². The van der Waals surface area contributed by atoms with Crippen LogP contribution in [-0.2, 0) is 29.2 Å². The molecular weight excluding hydrogens is 632 g/mol. The lowest BCUT2D eigenvalue weighted by atomic mass is 10.0. The fourth-order valence-corrected chi connectivity index (χ4v) is 7.83. The summed E-state index contributed by atoms with van der Waals surface area (Å²) in [4.78, 5) is 28.7. The molecule has 0 unspecified atom stereocenters. The van der Waals surface area contributed by atoms with Gasteiger partial charge in [0.25, 0.3) is 11.8 Å². The molecule has 6 rings (SSSR count). The lowest BCUT2D eigenvalue weighted by Crippen LogP contribution is -2.40. The van der Waals surface area contributed by atoms with E-state index in [0.717, 1.165) is 48.9 Å². The van der Waals surface area contributed by atoms with Crippen molar-refractivity contribution in [3.05, 3.63) is 88.9 Å². The molecule has 15 heteroatoms. The van der Waals surface area contributed by atoms with Gasteiger partial charge in [-0.25, -0.2) is 17.2 Å². The van der Waals surface area contributed by atoms with E-state index in [1.54, 1.807) is 55.9 Å². The number of carbonyl (C=O) groups excluding carboxylic acids is 2. The minimum Gasteiger partial charge on any atom is -0.492 e. The van der Waals surface area contributed by atoms with Crippen LogP contribution < -0.4 is 15.4 Å². The van der Waals surface area contributed by atoms with E-state index in [0.29, 0.717) is 35.4 Å². The number of nitrogens with one attached hydrogen (secondary N) is 3. The van der Waals surface area contributed by atoms with Crippen molar-refractivity contribution >= 4 is 33.3 Å².